The number of rotatable bonds is 5. The summed E-state index contributed by atoms with van der Waals surface area (Å²) in [5.74, 6) is 1.25. The molecule has 0 saturated carbocycles. The number of carbonyl (C=O) groups is 1. The maximum absolute atomic E-state index is 12.2. The molecule has 3 aromatic rings. The first-order valence-corrected chi connectivity index (χ1v) is 9.92. The molecule has 1 fully saturated rings. The number of hydrogen-bond acceptors (Lipinski definition) is 5. The van der Waals surface area contributed by atoms with E-state index in [9.17, 15) is 4.79 Å². The van der Waals surface area contributed by atoms with E-state index in [0.717, 1.165) is 30.0 Å². The van der Waals surface area contributed by atoms with Crippen molar-refractivity contribution in [1.29, 1.82) is 0 Å². The summed E-state index contributed by atoms with van der Waals surface area (Å²) in [7, 11) is 0. The second-order valence-corrected chi connectivity index (χ2v) is 7.42. The van der Waals surface area contributed by atoms with Crippen LogP contribution in [0.15, 0.2) is 66.9 Å². The number of aromatic nitrogens is 2. The number of carbonyl (C=O) groups excluding carboxylic acids is 1. The molecule has 1 aromatic heterocycles. The van der Waals surface area contributed by atoms with E-state index in [2.05, 4.69) is 14.8 Å². The quantitative estimate of drug-likeness (QED) is 0.703. The minimum atomic E-state index is -0.459. The zero-order valence-corrected chi connectivity index (χ0v) is 16.7. The molecule has 2 aromatic carbocycles. The smallest absolute Gasteiger partial charge is 0.239 e. The Bertz CT molecular complexity index is 972. The predicted molar refractivity (Wildman–Crippen MR) is 115 cm³/mol. The molecule has 2 heterocycles. The van der Waals surface area contributed by atoms with Gasteiger partial charge in [-0.25, -0.2) is 9.97 Å². The summed E-state index contributed by atoms with van der Waals surface area (Å²) in [6.07, 6.45) is 1.79. The number of halogens is 1. The van der Waals surface area contributed by atoms with Crippen LogP contribution in [-0.2, 0) is 4.79 Å². The van der Waals surface area contributed by atoms with Crippen molar-refractivity contribution in [3.8, 4) is 11.4 Å². The summed E-state index contributed by atoms with van der Waals surface area (Å²) in [5, 5.41) is 0.639. The molecule has 4 rings (SSSR count). The molecule has 148 valence electrons. The monoisotopic (exact) mass is 407 g/mol. The number of primary amides is 1. The average molecular weight is 408 g/mol. The third-order valence-corrected chi connectivity index (χ3v) is 5.38. The minimum Gasteiger partial charge on any atom is -0.368 e. The van der Waals surface area contributed by atoms with Gasteiger partial charge in [0.1, 0.15) is 11.9 Å². The zero-order valence-electron chi connectivity index (χ0n) is 15.9. The summed E-state index contributed by atoms with van der Waals surface area (Å²) < 4.78 is 0. The van der Waals surface area contributed by atoms with Gasteiger partial charge in [-0.15, -0.1) is 0 Å². The van der Waals surface area contributed by atoms with Crippen molar-refractivity contribution in [1.82, 2.24) is 14.9 Å². The number of anilines is 1. The van der Waals surface area contributed by atoms with E-state index in [0.29, 0.717) is 23.9 Å². The second kappa shape index (κ2) is 8.59. The fourth-order valence-corrected chi connectivity index (χ4v) is 3.79. The molecule has 2 N–H and O–H groups in total. The Kier molecular flexibility index (Phi) is 5.74. The molecule has 0 spiro atoms. The Morgan fingerprint density at radius 1 is 0.966 bits per heavy atom. The Morgan fingerprint density at radius 2 is 1.66 bits per heavy atom. The van der Waals surface area contributed by atoms with Crippen LogP contribution in [0.3, 0.4) is 0 Å². The van der Waals surface area contributed by atoms with Gasteiger partial charge in [-0.05, 0) is 23.8 Å². The maximum Gasteiger partial charge on any atom is 0.239 e. The molecule has 1 saturated heterocycles. The van der Waals surface area contributed by atoms with Gasteiger partial charge in [-0.3, -0.25) is 9.69 Å². The number of amides is 1. The van der Waals surface area contributed by atoms with Crippen molar-refractivity contribution in [2.75, 3.05) is 31.1 Å². The van der Waals surface area contributed by atoms with Crippen molar-refractivity contribution >= 4 is 23.3 Å². The van der Waals surface area contributed by atoms with Crippen LogP contribution in [0.5, 0.6) is 0 Å². The van der Waals surface area contributed by atoms with Gasteiger partial charge in [0.2, 0.25) is 5.91 Å². The van der Waals surface area contributed by atoms with Crippen molar-refractivity contribution in [3.63, 3.8) is 0 Å². The van der Waals surface area contributed by atoms with Crippen LogP contribution in [0.4, 0.5) is 5.82 Å². The Labute approximate surface area is 174 Å². The van der Waals surface area contributed by atoms with E-state index in [-0.39, 0.29) is 5.91 Å². The highest BCUT2D eigenvalue weighted by molar-refractivity contribution is 6.30. The highest BCUT2D eigenvalue weighted by Gasteiger charge is 2.29. The van der Waals surface area contributed by atoms with Crippen LogP contribution < -0.4 is 10.6 Å². The number of nitrogens with zero attached hydrogens (tertiary/aromatic N) is 4. The lowest BCUT2D eigenvalue weighted by molar-refractivity contribution is -0.123. The van der Waals surface area contributed by atoms with Crippen molar-refractivity contribution in [3.05, 3.63) is 77.4 Å². The average Bonchev–Trinajstić information content (AvgIpc) is 2.76. The maximum atomic E-state index is 12.2. The summed E-state index contributed by atoms with van der Waals surface area (Å²) >= 11 is 5.98. The predicted octanol–water partition coefficient (Wildman–Crippen LogP) is 3.15. The van der Waals surface area contributed by atoms with Gasteiger partial charge < -0.3 is 10.6 Å². The van der Waals surface area contributed by atoms with Crippen LogP contribution in [-0.4, -0.2) is 47.0 Å². The van der Waals surface area contributed by atoms with Gasteiger partial charge >= 0.3 is 0 Å². The Balaban J connectivity index is 1.48. The van der Waals surface area contributed by atoms with E-state index in [4.69, 9.17) is 22.3 Å². The van der Waals surface area contributed by atoms with Gasteiger partial charge in [-0.1, -0.05) is 54.1 Å². The summed E-state index contributed by atoms with van der Waals surface area (Å²) in [6.45, 7) is 2.92. The fourth-order valence-electron chi connectivity index (χ4n) is 3.66. The number of piperazine rings is 1. The van der Waals surface area contributed by atoms with Crippen molar-refractivity contribution < 1.29 is 4.79 Å². The standard InChI is InChI=1S/C22H22ClN5O/c23-18-8-6-16(7-9-18)20(21(24)29)28-14-12-27(13-15-28)19-10-11-25-22(26-19)17-4-2-1-3-5-17/h1-11,20H,12-15H2,(H2,24,29)/t20-/m0/s1. The lowest BCUT2D eigenvalue weighted by atomic mass is 10.0. The Hall–Kier alpha value is -2.96. The molecule has 0 bridgehead atoms. The van der Waals surface area contributed by atoms with E-state index in [1.54, 1.807) is 18.3 Å². The van der Waals surface area contributed by atoms with Crippen LogP contribution >= 0.6 is 11.6 Å². The number of hydrogen-bond donors (Lipinski definition) is 1. The molecule has 1 atom stereocenters. The van der Waals surface area contributed by atoms with Crippen molar-refractivity contribution in [2.24, 2.45) is 5.73 Å². The highest BCUT2D eigenvalue weighted by Crippen LogP contribution is 2.25. The van der Waals surface area contributed by atoms with E-state index in [1.165, 1.54) is 0 Å². The Morgan fingerprint density at radius 3 is 2.31 bits per heavy atom. The largest absolute Gasteiger partial charge is 0.368 e. The number of benzene rings is 2. The first kappa shape index (κ1) is 19.4. The fraction of sp³-hybridized carbons (Fsp3) is 0.227. The van der Waals surface area contributed by atoms with E-state index >= 15 is 0 Å². The SMILES string of the molecule is NC(=O)[C@H](c1ccc(Cl)cc1)N1CCN(c2ccnc(-c3ccccc3)n2)CC1. The minimum absolute atomic E-state index is 0.353. The molecule has 29 heavy (non-hydrogen) atoms. The molecule has 1 aliphatic rings. The molecule has 0 unspecified atom stereocenters. The van der Waals surface area contributed by atoms with Gasteiger partial charge in [-0.2, -0.15) is 0 Å². The van der Waals surface area contributed by atoms with Crippen LogP contribution in [0, 0.1) is 0 Å². The number of nitrogens with two attached hydrogens (primary N) is 1. The van der Waals surface area contributed by atoms with Crippen LogP contribution in [0.25, 0.3) is 11.4 Å². The summed E-state index contributed by atoms with van der Waals surface area (Å²) in [5.41, 5.74) is 7.57. The van der Waals surface area contributed by atoms with E-state index in [1.807, 2.05) is 48.5 Å². The van der Waals surface area contributed by atoms with Gasteiger partial charge in [0.15, 0.2) is 5.82 Å². The lowest BCUT2D eigenvalue weighted by Gasteiger charge is -2.38. The van der Waals surface area contributed by atoms with Crippen molar-refractivity contribution in [2.45, 2.75) is 6.04 Å². The summed E-state index contributed by atoms with van der Waals surface area (Å²) in [6, 6.07) is 18.7. The third kappa shape index (κ3) is 4.39. The third-order valence-electron chi connectivity index (χ3n) is 5.13. The molecule has 1 amide bonds. The zero-order chi connectivity index (χ0) is 20.2. The summed E-state index contributed by atoms with van der Waals surface area (Å²) in [4.78, 5) is 25.6. The van der Waals surface area contributed by atoms with Gasteiger partial charge in [0, 0.05) is 43.0 Å². The molecular formula is C22H22ClN5O. The highest BCUT2D eigenvalue weighted by atomic mass is 35.5. The topological polar surface area (TPSA) is 75.4 Å². The molecule has 0 radical (unpaired) electrons. The first-order valence-electron chi connectivity index (χ1n) is 9.54. The lowest BCUT2D eigenvalue weighted by Crippen LogP contribution is -2.50. The van der Waals surface area contributed by atoms with Gasteiger partial charge in [0.25, 0.3) is 0 Å². The molecule has 7 heteroatoms. The normalized spacial score (nSPS) is 15.8. The van der Waals surface area contributed by atoms with Crippen LogP contribution in [0.2, 0.25) is 5.02 Å². The second-order valence-electron chi connectivity index (χ2n) is 6.98. The van der Waals surface area contributed by atoms with E-state index < -0.39 is 6.04 Å². The molecule has 1 aliphatic heterocycles. The first-order chi connectivity index (χ1) is 14.1. The molecule has 6 nitrogen and oxygen atoms in total. The molecule has 0 aliphatic carbocycles. The van der Waals surface area contributed by atoms with Gasteiger partial charge in [0.05, 0.1) is 0 Å². The molecular weight excluding hydrogens is 386 g/mol. The van der Waals surface area contributed by atoms with Crippen LogP contribution in [0.1, 0.15) is 11.6 Å².